The zero-order valence-electron chi connectivity index (χ0n) is 11.8. The van der Waals surface area contributed by atoms with Gasteiger partial charge in [0.2, 0.25) is 0 Å². The Morgan fingerprint density at radius 2 is 1.80 bits per heavy atom. The summed E-state index contributed by atoms with van der Waals surface area (Å²) in [6.45, 7) is 0. The maximum Gasteiger partial charge on any atom is 0.131 e. The van der Waals surface area contributed by atoms with E-state index < -0.39 is 0 Å². The molecule has 4 heteroatoms. The van der Waals surface area contributed by atoms with Crippen LogP contribution in [0.5, 0.6) is 0 Å². The third-order valence-electron chi connectivity index (χ3n) is 4.26. The van der Waals surface area contributed by atoms with Crippen molar-refractivity contribution in [1.82, 2.24) is 9.55 Å². The summed E-state index contributed by atoms with van der Waals surface area (Å²) in [5, 5.41) is 0. The zero-order valence-corrected chi connectivity index (χ0v) is 13.4. The van der Waals surface area contributed by atoms with E-state index in [2.05, 4.69) is 32.6 Å². The van der Waals surface area contributed by atoms with Crippen molar-refractivity contribution in [2.24, 2.45) is 7.05 Å². The molecule has 3 rings (SSSR count). The smallest absolute Gasteiger partial charge is 0.131 e. The first kappa shape index (κ1) is 13.7. The van der Waals surface area contributed by atoms with E-state index in [1.807, 2.05) is 19.2 Å². The van der Waals surface area contributed by atoms with E-state index in [-0.39, 0.29) is 0 Å². The maximum absolute atomic E-state index is 6.27. The Morgan fingerprint density at radius 3 is 2.45 bits per heavy atom. The highest BCUT2D eigenvalue weighted by atomic mass is 79.9. The lowest BCUT2D eigenvalue weighted by Gasteiger charge is -2.21. The first-order chi connectivity index (χ1) is 9.66. The van der Waals surface area contributed by atoms with Crippen LogP contribution in [0.2, 0.25) is 0 Å². The van der Waals surface area contributed by atoms with Gasteiger partial charge >= 0.3 is 0 Å². The van der Waals surface area contributed by atoms with Gasteiger partial charge in [-0.25, -0.2) is 4.98 Å². The molecule has 20 heavy (non-hydrogen) atoms. The van der Waals surface area contributed by atoms with Crippen LogP contribution in [-0.2, 0) is 7.05 Å². The van der Waals surface area contributed by atoms with Crippen LogP contribution in [0.25, 0.3) is 11.3 Å². The molecule has 0 saturated heterocycles. The van der Waals surface area contributed by atoms with Crippen molar-refractivity contribution in [1.29, 1.82) is 0 Å². The van der Waals surface area contributed by atoms with E-state index in [4.69, 9.17) is 10.7 Å². The molecule has 2 aromatic rings. The fourth-order valence-electron chi connectivity index (χ4n) is 3.08. The molecule has 1 heterocycles. The van der Waals surface area contributed by atoms with Crippen molar-refractivity contribution in [3.63, 3.8) is 0 Å². The number of halogens is 1. The van der Waals surface area contributed by atoms with E-state index in [0.717, 1.165) is 27.4 Å². The number of nitrogen functional groups attached to an aromatic ring is 1. The Morgan fingerprint density at radius 1 is 1.15 bits per heavy atom. The molecule has 0 radical (unpaired) electrons. The number of hydrogen-bond donors (Lipinski definition) is 1. The largest absolute Gasteiger partial charge is 0.383 e. The molecule has 0 unspecified atom stereocenters. The van der Waals surface area contributed by atoms with Crippen LogP contribution in [0.4, 0.5) is 5.82 Å². The monoisotopic (exact) mass is 333 g/mol. The van der Waals surface area contributed by atoms with Gasteiger partial charge in [0.25, 0.3) is 0 Å². The van der Waals surface area contributed by atoms with E-state index in [1.54, 1.807) is 0 Å². The zero-order chi connectivity index (χ0) is 14.1. The average Bonchev–Trinajstić information content (AvgIpc) is 2.77. The second-order valence-electron chi connectivity index (χ2n) is 5.60. The van der Waals surface area contributed by atoms with Crippen LogP contribution in [0, 0.1) is 0 Å². The molecular weight excluding hydrogens is 314 g/mol. The molecule has 0 aliphatic heterocycles. The van der Waals surface area contributed by atoms with E-state index >= 15 is 0 Å². The highest BCUT2D eigenvalue weighted by Crippen LogP contribution is 2.35. The molecule has 2 N–H and O–H groups in total. The predicted octanol–water partition coefficient (Wildman–Crippen LogP) is 4.48. The standard InChI is InChI=1S/C16H20BrN3/c1-20-15(18)14(11-7-9-13(17)10-8-11)19-16(20)12-5-3-2-4-6-12/h7-10,12H,2-6,18H2,1H3. The summed E-state index contributed by atoms with van der Waals surface area (Å²) < 4.78 is 3.15. The van der Waals surface area contributed by atoms with Crippen molar-refractivity contribution >= 4 is 21.7 Å². The summed E-state index contributed by atoms with van der Waals surface area (Å²) in [6.07, 6.45) is 6.46. The van der Waals surface area contributed by atoms with Gasteiger partial charge in [0, 0.05) is 23.0 Å². The van der Waals surface area contributed by atoms with Gasteiger partial charge in [-0.05, 0) is 25.0 Å². The van der Waals surface area contributed by atoms with Gasteiger partial charge in [0.15, 0.2) is 0 Å². The van der Waals surface area contributed by atoms with Gasteiger partial charge in [-0.2, -0.15) is 0 Å². The normalized spacial score (nSPS) is 16.5. The molecule has 3 nitrogen and oxygen atoms in total. The number of imidazole rings is 1. The Balaban J connectivity index is 1.98. The molecule has 1 fully saturated rings. The molecule has 106 valence electrons. The second kappa shape index (κ2) is 5.60. The van der Waals surface area contributed by atoms with Crippen LogP contribution < -0.4 is 5.73 Å². The maximum atomic E-state index is 6.27. The lowest BCUT2D eigenvalue weighted by molar-refractivity contribution is 0.422. The second-order valence-corrected chi connectivity index (χ2v) is 6.52. The number of nitrogens with zero attached hydrogens (tertiary/aromatic N) is 2. The first-order valence-corrected chi connectivity index (χ1v) is 8.04. The summed E-state index contributed by atoms with van der Waals surface area (Å²) in [5.41, 5.74) is 8.27. The van der Waals surface area contributed by atoms with E-state index in [0.29, 0.717) is 5.92 Å². The number of benzene rings is 1. The summed E-state index contributed by atoms with van der Waals surface area (Å²) >= 11 is 3.46. The topological polar surface area (TPSA) is 43.8 Å². The molecule has 0 bridgehead atoms. The van der Waals surface area contributed by atoms with Crippen LogP contribution in [-0.4, -0.2) is 9.55 Å². The molecule has 1 aliphatic carbocycles. The number of hydrogen-bond acceptors (Lipinski definition) is 2. The summed E-state index contributed by atoms with van der Waals surface area (Å²) in [4.78, 5) is 4.86. The van der Waals surface area contributed by atoms with Crippen molar-refractivity contribution in [2.75, 3.05) is 5.73 Å². The average molecular weight is 334 g/mol. The van der Waals surface area contributed by atoms with Gasteiger partial charge in [0.1, 0.15) is 17.3 Å². The predicted molar refractivity (Wildman–Crippen MR) is 86.6 cm³/mol. The highest BCUT2D eigenvalue weighted by Gasteiger charge is 2.23. The molecule has 0 amide bonds. The SMILES string of the molecule is Cn1c(C2CCCCC2)nc(-c2ccc(Br)cc2)c1N. The van der Waals surface area contributed by atoms with Crippen LogP contribution in [0.15, 0.2) is 28.7 Å². The van der Waals surface area contributed by atoms with Gasteiger partial charge in [0.05, 0.1) is 0 Å². The summed E-state index contributed by atoms with van der Waals surface area (Å²) in [7, 11) is 2.04. The molecule has 1 aromatic heterocycles. The number of nitrogens with two attached hydrogens (primary N) is 1. The summed E-state index contributed by atoms with van der Waals surface area (Å²) in [5.74, 6) is 2.49. The highest BCUT2D eigenvalue weighted by molar-refractivity contribution is 9.10. The minimum atomic E-state index is 0.570. The van der Waals surface area contributed by atoms with Crippen molar-refractivity contribution in [3.05, 3.63) is 34.6 Å². The number of aromatic nitrogens is 2. The molecule has 0 atom stereocenters. The fraction of sp³-hybridized carbons (Fsp3) is 0.438. The molecular formula is C16H20BrN3. The molecule has 1 saturated carbocycles. The van der Waals surface area contributed by atoms with Crippen LogP contribution in [0.3, 0.4) is 0 Å². The van der Waals surface area contributed by atoms with Gasteiger partial charge in [-0.3, -0.25) is 0 Å². The Hall–Kier alpha value is -1.29. The first-order valence-electron chi connectivity index (χ1n) is 7.25. The van der Waals surface area contributed by atoms with E-state index in [9.17, 15) is 0 Å². The lowest BCUT2D eigenvalue weighted by atomic mass is 9.89. The van der Waals surface area contributed by atoms with E-state index in [1.165, 1.54) is 32.1 Å². The van der Waals surface area contributed by atoms with Gasteiger partial charge in [-0.1, -0.05) is 47.3 Å². The lowest BCUT2D eigenvalue weighted by Crippen LogP contribution is -2.11. The quantitative estimate of drug-likeness (QED) is 0.880. The van der Waals surface area contributed by atoms with Crippen LogP contribution in [0.1, 0.15) is 43.8 Å². The third-order valence-corrected chi connectivity index (χ3v) is 4.79. The molecule has 0 spiro atoms. The van der Waals surface area contributed by atoms with Crippen molar-refractivity contribution < 1.29 is 0 Å². The Labute approximate surface area is 128 Å². The van der Waals surface area contributed by atoms with Gasteiger partial charge in [-0.15, -0.1) is 0 Å². The molecule has 1 aromatic carbocycles. The minimum absolute atomic E-state index is 0.570. The third kappa shape index (κ3) is 2.49. The number of anilines is 1. The number of rotatable bonds is 2. The molecule has 1 aliphatic rings. The Bertz CT molecular complexity index is 595. The van der Waals surface area contributed by atoms with Crippen molar-refractivity contribution in [2.45, 2.75) is 38.0 Å². The van der Waals surface area contributed by atoms with Crippen LogP contribution >= 0.6 is 15.9 Å². The Kier molecular flexibility index (Phi) is 3.83. The summed E-state index contributed by atoms with van der Waals surface area (Å²) in [6, 6.07) is 8.19. The fourth-order valence-corrected chi connectivity index (χ4v) is 3.34. The van der Waals surface area contributed by atoms with Gasteiger partial charge < -0.3 is 10.3 Å². The minimum Gasteiger partial charge on any atom is -0.383 e. The van der Waals surface area contributed by atoms with Crippen molar-refractivity contribution in [3.8, 4) is 11.3 Å².